The molecular formula is C15H23BrClN. The molecule has 0 radical (unpaired) electrons. The summed E-state index contributed by atoms with van der Waals surface area (Å²) in [6.07, 6.45) is 3.59. The van der Waals surface area contributed by atoms with Gasteiger partial charge in [0.2, 0.25) is 0 Å². The summed E-state index contributed by atoms with van der Waals surface area (Å²) in [7, 11) is 0. The SMILES string of the molecule is CCCCN(c1cc(Br)ccc1CCl)C(C)CC. The third-order valence-electron chi connectivity index (χ3n) is 3.38. The second kappa shape index (κ2) is 8.06. The highest BCUT2D eigenvalue weighted by Crippen LogP contribution is 2.29. The van der Waals surface area contributed by atoms with E-state index in [2.05, 4.69) is 59.8 Å². The van der Waals surface area contributed by atoms with Gasteiger partial charge in [0.15, 0.2) is 0 Å². The minimum absolute atomic E-state index is 0.549. The Morgan fingerprint density at radius 2 is 2.06 bits per heavy atom. The molecule has 0 saturated carbocycles. The van der Waals surface area contributed by atoms with Crippen LogP contribution in [0.4, 0.5) is 5.69 Å². The second-order valence-electron chi connectivity index (χ2n) is 4.71. The van der Waals surface area contributed by atoms with Crippen LogP contribution in [0.3, 0.4) is 0 Å². The zero-order chi connectivity index (χ0) is 13.5. The van der Waals surface area contributed by atoms with Crippen LogP contribution in [-0.4, -0.2) is 12.6 Å². The van der Waals surface area contributed by atoms with E-state index >= 15 is 0 Å². The average molecular weight is 333 g/mol. The van der Waals surface area contributed by atoms with Crippen LogP contribution in [0.25, 0.3) is 0 Å². The molecule has 0 aliphatic heterocycles. The molecular weight excluding hydrogens is 310 g/mol. The molecule has 0 aromatic heterocycles. The standard InChI is InChI=1S/C15H23BrClN/c1-4-6-9-18(12(3)5-2)15-10-14(16)8-7-13(15)11-17/h7-8,10,12H,4-6,9,11H2,1-3H3. The van der Waals surface area contributed by atoms with Crippen molar-refractivity contribution in [3.8, 4) is 0 Å². The minimum atomic E-state index is 0.549. The Kier molecular flexibility index (Phi) is 7.10. The molecule has 0 saturated heterocycles. The maximum atomic E-state index is 6.07. The van der Waals surface area contributed by atoms with Gasteiger partial charge in [-0.1, -0.05) is 42.3 Å². The Balaban J connectivity index is 3.05. The molecule has 1 unspecified atom stereocenters. The lowest BCUT2D eigenvalue weighted by Gasteiger charge is -2.32. The molecule has 0 aliphatic rings. The maximum Gasteiger partial charge on any atom is 0.0494 e. The first-order valence-electron chi connectivity index (χ1n) is 6.75. The topological polar surface area (TPSA) is 3.24 Å². The van der Waals surface area contributed by atoms with Gasteiger partial charge >= 0.3 is 0 Å². The number of hydrogen-bond acceptors (Lipinski definition) is 1. The van der Waals surface area contributed by atoms with E-state index in [9.17, 15) is 0 Å². The van der Waals surface area contributed by atoms with Gasteiger partial charge in [0, 0.05) is 28.6 Å². The molecule has 0 bridgehead atoms. The fourth-order valence-corrected chi connectivity index (χ4v) is 2.62. The number of unbranched alkanes of at least 4 members (excludes halogenated alkanes) is 1. The van der Waals surface area contributed by atoms with Crippen LogP contribution in [0.2, 0.25) is 0 Å². The zero-order valence-corrected chi connectivity index (χ0v) is 13.9. The van der Waals surface area contributed by atoms with Crippen molar-refractivity contribution in [2.24, 2.45) is 0 Å². The monoisotopic (exact) mass is 331 g/mol. The van der Waals surface area contributed by atoms with Crippen molar-refractivity contribution in [3.05, 3.63) is 28.2 Å². The maximum absolute atomic E-state index is 6.07. The van der Waals surface area contributed by atoms with E-state index < -0.39 is 0 Å². The Morgan fingerprint density at radius 1 is 1.33 bits per heavy atom. The van der Waals surface area contributed by atoms with E-state index in [-0.39, 0.29) is 0 Å². The van der Waals surface area contributed by atoms with Crippen LogP contribution in [0.15, 0.2) is 22.7 Å². The normalized spacial score (nSPS) is 12.5. The molecule has 102 valence electrons. The van der Waals surface area contributed by atoms with Crippen molar-refractivity contribution >= 4 is 33.2 Å². The summed E-state index contributed by atoms with van der Waals surface area (Å²) < 4.78 is 1.12. The van der Waals surface area contributed by atoms with Gasteiger partial charge in [-0.25, -0.2) is 0 Å². The summed E-state index contributed by atoms with van der Waals surface area (Å²) in [6.45, 7) is 7.86. The van der Waals surface area contributed by atoms with Gasteiger partial charge in [0.1, 0.15) is 0 Å². The Hall–Kier alpha value is -0.210. The number of anilines is 1. The Morgan fingerprint density at radius 3 is 2.61 bits per heavy atom. The number of hydrogen-bond donors (Lipinski definition) is 0. The Labute approximate surface area is 125 Å². The molecule has 0 amide bonds. The lowest BCUT2D eigenvalue weighted by molar-refractivity contribution is 0.594. The molecule has 3 heteroatoms. The van der Waals surface area contributed by atoms with E-state index in [1.165, 1.54) is 24.1 Å². The molecule has 0 N–H and O–H groups in total. The molecule has 0 spiro atoms. The number of rotatable bonds is 7. The van der Waals surface area contributed by atoms with Crippen molar-refractivity contribution in [2.75, 3.05) is 11.4 Å². The lowest BCUT2D eigenvalue weighted by atomic mass is 10.1. The first kappa shape index (κ1) is 15.8. The van der Waals surface area contributed by atoms with Gasteiger partial charge in [-0.3, -0.25) is 0 Å². The molecule has 1 aromatic carbocycles. The zero-order valence-electron chi connectivity index (χ0n) is 11.5. The van der Waals surface area contributed by atoms with Crippen LogP contribution in [-0.2, 0) is 5.88 Å². The Bertz CT molecular complexity index is 368. The number of benzene rings is 1. The van der Waals surface area contributed by atoms with E-state index in [4.69, 9.17) is 11.6 Å². The van der Waals surface area contributed by atoms with Gasteiger partial charge in [-0.2, -0.15) is 0 Å². The third kappa shape index (κ3) is 4.17. The number of halogens is 2. The highest BCUT2D eigenvalue weighted by atomic mass is 79.9. The molecule has 0 fully saturated rings. The predicted molar refractivity (Wildman–Crippen MR) is 85.7 cm³/mol. The first-order chi connectivity index (χ1) is 8.63. The summed E-state index contributed by atoms with van der Waals surface area (Å²) >= 11 is 9.63. The number of nitrogens with zero attached hydrogens (tertiary/aromatic N) is 1. The van der Waals surface area contributed by atoms with Gasteiger partial charge in [-0.15, -0.1) is 11.6 Å². The van der Waals surface area contributed by atoms with Crippen molar-refractivity contribution in [1.82, 2.24) is 0 Å². The summed E-state index contributed by atoms with van der Waals surface area (Å²) in [5, 5.41) is 0. The minimum Gasteiger partial charge on any atom is -0.369 e. The predicted octanol–water partition coefficient (Wildman–Crippen LogP) is 5.59. The summed E-state index contributed by atoms with van der Waals surface area (Å²) in [4.78, 5) is 2.49. The van der Waals surface area contributed by atoms with Gasteiger partial charge in [0.05, 0.1) is 0 Å². The lowest BCUT2D eigenvalue weighted by Crippen LogP contribution is -2.34. The largest absolute Gasteiger partial charge is 0.369 e. The van der Waals surface area contributed by atoms with Gasteiger partial charge in [-0.05, 0) is 37.5 Å². The molecule has 1 nitrogen and oxygen atoms in total. The quantitative estimate of drug-likeness (QED) is 0.588. The molecule has 18 heavy (non-hydrogen) atoms. The van der Waals surface area contributed by atoms with Crippen LogP contribution < -0.4 is 4.90 Å². The third-order valence-corrected chi connectivity index (χ3v) is 4.16. The van der Waals surface area contributed by atoms with Crippen LogP contribution in [0, 0.1) is 0 Å². The summed E-state index contributed by atoms with van der Waals surface area (Å²) in [5.41, 5.74) is 2.50. The fourth-order valence-electron chi connectivity index (χ4n) is 2.04. The molecule has 0 aliphatic carbocycles. The van der Waals surface area contributed by atoms with E-state index in [1.54, 1.807) is 0 Å². The van der Waals surface area contributed by atoms with E-state index in [0.29, 0.717) is 11.9 Å². The van der Waals surface area contributed by atoms with Crippen molar-refractivity contribution in [3.63, 3.8) is 0 Å². The van der Waals surface area contributed by atoms with Gasteiger partial charge in [0.25, 0.3) is 0 Å². The number of alkyl halides is 1. The fraction of sp³-hybridized carbons (Fsp3) is 0.600. The van der Waals surface area contributed by atoms with Crippen molar-refractivity contribution in [1.29, 1.82) is 0 Å². The van der Waals surface area contributed by atoms with Crippen LogP contribution in [0.1, 0.15) is 45.6 Å². The molecule has 1 atom stereocenters. The smallest absolute Gasteiger partial charge is 0.0494 e. The first-order valence-corrected chi connectivity index (χ1v) is 8.07. The molecule has 1 rings (SSSR count). The van der Waals surface area contributed by atoms with Crippen molar-refractivity contribution in [2.45, 2.75) is 52.0 Å². The summed E-state index contributed by atoms with van der Waals surface area (Å²) in [5.74, 6) is 0.571. The molecule has 0 heterocycles. The van der Waals surface area contributed by atoms with Crippen molar-refractivity contribution < 1.29 is 0 Å². The van der Waals surface area contributed by atoms with Crippen LogP contribution in [0.5, 0.6) is 0 Å². The van der Waals surface area contributed by atoms with Gasteiger partial charge < -0.3 is 4.90 Å². The summed E-state index contributed by atoms with van der Waals surface area (Å²) in [6, 6.07) is 6.93. The average Bonchev–Trinajstić information content (AvgIpc) is 2.39. The highest BCUT2D eigenvalue weighted by Gasteiger charge is 2.16. The van der Waals surface area contributed by atoms with Crippen LogP contribution >= 0.6 is 27.5 Å². The highest BCUT2D eigenvalue weighted by molar-refractivity contribution is 9.10. The van der Waals surface area contributed by atoms with E-state index in [0.717, 1.165) is 17.4 Å². The van der Waals surface area contributed by atoms with E-state index in [1.807, 2.05) is 0 Å². The molecule has 1 aromatic rings. The second-order valence-corrected chi connectivity index (χ2v) is 5.89.